The molecule has 0 unspecified atom stereocenters. The van der Waals surface area contributed by atoms with Gasteiger partial charge >= 0.3 is 0 Å². The van der Waals surface area contributed by atoms with E-state index in [1.807, 2.05) is 61.5 Å². The number of hydrogen-bond acceptors (Lipinski definition) is 4. The van der Waals surface area contributed by atoms with Gasteiger partial charge in [0.1, 0.15) is 12.6 Å². The van der Waals surface area contributed by atoms with E-state index in [9.17, 15) is 18.0 Å². The van der Waals surface area contributed by atoms with Crippen molar-refractivity contribution in [3.05, 3.63) is 100 Å². The number of nitrogens with one attached hydrogen (secondary N) is 1. The molecule has 4 rings (SSSR count). The van der Waals surface area contributed by atoms with E-state index < -0.39 is 28.5 Å². The molecule has 0 saturated heterocycles. The summed E-state index contributed by atoms with van der Waals surface area (Å²) in [6, 6.07) is 21.6. The van der Waals surface area contributed by atoms with Crippen LogP contribution in [0.2, 0.25) is 5.02 Å². The van der Waals surface area contributed by atoms with Crippen LogP contribution in [0, 0.1) is 13.8 Å². The Balaban J connectivity index is 1.73. The Morgan fingerprint density at radius 3 is 2.24 bits per heavy atom. The highest BCUT2D eigenvalue weighted by Crippen LogP contribution is 2.27. The van der Waals surface area contributed by atoms with Crippen molar-refractivity contribution in [2.45, 2.75) is 71.0 Å². The monoisotopic (exact) mass is 609 g/mol. The van der Waals surface area contributed by atoms with Crippen LogP contribution in [-0.2, 0) is 32.6 Å². The van der Waals surface area contributed by atoms with Crippen molar-refractivity contribution < 1.29 is 18.0 Å². The van der Waals surface area contributed by atoms with Crippen LogP contribution in [0.15, 0.2) is 72.8 Å². The number of carbonyl (C=O) groups excluding carboxylic acids is 2. The van der Waals surface area contributed by atoms with Crippen molar-refractivity contribution in [1.29, 1.82) is 0 Å². The van der Waals surface area contributed by atoms with Gasteiger partial charge in [-0.25, -0.2) is 8.42 Å². The maximum atomic E-state index is 14.3. The summed E-state index contributed by atoms with van der Waals surface area (Å²) in [7, 11) is -3.87. The minimum atomic E-state index is -3.87. The third-order valence-corrected chi connectivity index (χ3v) is 9.18. The molecule has 3 aromatic carbocycles. The van der Waals surface area contributed by atoms with Gasteiger partial charge in [0.05, 0.1) is 11.9 Å². The van der Waals surface area contributed by atoms with E-state index in [1.54, 1.807) is 25.1 Å². The number of hydrogen-bond donors (Lipinski definition) is 1. The van der Waals surface area contributed by atoms with Crippen LogP contribution in [0.4, 0.5) is 5.69 Å². The van der Waals surface area contributed by atoms with Gasteiger partial charge in [-0.05, 0) is 55.5 Å². The molecule has 0 aromatic heterocycles. The smallest absolute Gasteiger partial charge is 0.244 e. The second-order valence-electron chi connectivity index (χ2n) is 11.3. The third kappa shape index (κ3) is 8.58. The topological polar surface area (TPSA) is 86.8 Å². The SMILES string of the molecule is Cc1ccc(CN(C(=O)CN(c2cc(Cl)ccc2C)S(C)(=O)=O)[C@H](Cc2ccccc2)C(=O)NC2CCCCC2)cc1. The molecule has 0 radical (unpaired) electrons. The molecule has 0 aliphatic heterocycles. The molecule has 1 aliphatic carbocycles. The summed E-state index contributed by atoms with van der Waals surface area (Å²) < 4.78 is 27.2. The van der Waals surface area contributed by atoms with Crippen LogP contribution in [0.1, 0.15) is 54.4 Å². The van der Waals surface area contributed by atoms with Crippen molar-refractivity contribution in [1.82, 2.24) is 10.2 Å². The first-order chi connectivity index (χ1) is 20.0. The Labute approximate surface area is 254 Å². The summed E-state index contributed by atoms with van der Waals surface area (Å²) in [5.41, 5.74) is 3.83. The number of carbonyl (C=O) groups is 2. The number of amides is 2. The van der Waals surface area contributed by atoms with E-state index in [-0.39, 0.29) is 18.5 Å². The lowest BCUT2D eigenvalue weighted by Gasteiger charge is -2.35. The lowest BCUT2D eigenvalue weighted by atomic mass is 9.94. The van der Waals surface area contributed by atoms with E-state index in [2.05, 4.69) is 5.32 Å². The molecule has 1 saturated carbocycles. The zero-order chi connectivity index (χ0) is 30.3. The van der Waals surface area contributed by atoms with E-state index in [4.69, 9.17) is 11.6 Å². The summed E-state index contributed by atoms with van der Waals surface area (Å²) in [5, 5.41) is 3.58. The summed E-state index contributed by atoms with van der Waals surface area (Å²) in [4.78, 5) is 29.8. The molecule has 42 heavy (non-hydrogen) atoms. The molecular formula is C33H40ClN3O4S. The zero-order valence-electron chi connectivity index (χ0n) is 24.6. The molecular weight excluding hydrogens is 570 g/mol. The molecule has 1 aliphatic rings. The molecule has 9 heteroatoms. The van der Waals surface area contributed by atoms with Gasteiger partial charge in [0, 0.05) is 24.0 Å². The van der Waals surface area contributed by atoms with Gasteiger partial charge in [0.15, 0.2) is 0 Å². The van der Waals surface area contributed by atoms with E-state index in [0.29, 0.717) is 22.7 Å². The number of halogens is 1. The maximum Gasteiger partial charge on any atom is 0.244 e. The molecule has 224 valence electrons. The zero-order valence-corrected chi connectivity index (χ0v) is 26.1. The van der Waals surface area contributed by atoms with E-state index in [1.165, 1.54) is 4.90 Å². The highest BCUT2D eigenvalue weighted by atomic mass is 35.5. The number of rotatable bonds is 11. The van der Waals surface area contributed by atoms with Crippen molar-refractivity contribution in [3.8, 4) is 0 Å². The van der Waals surface area contributed by atoms with Gasteiger partial charge in [0.25, 0.3) is 0 Å². The molecule has 2 amide bonds. The first-order valence-electron chi connectivity index (χ1n) is 14.4. The van der Waals surface area contributed by atoms with Crippen LogP contribution < -0.4 is 9.62 Å². The molecule has 1 atom stereocenters. The van der Waals surface area contributed by atoms with Crippen LogP contribution in [0.25, 0.3) is 0 Å². The van der Waals surface area contributed by atoms with Gasteiger partial charge < -0.3 is 10.2 Å². The fraction of sp³-hybridized carbons (Fsp3) is 0.394. The second kappa shape index (κ2) is 14.2. The minimum absolute atomic E-state index is 0.0579. The average molecular weight is 610 g/mol. The van der Waals surface area contributed by atoms with Crippen LogP contribution >= 0.6 is 11.6 Å². The summed E-state index contributed by atoms with van der Waals surface area (Å²) >= 11 is 6.24. The van der Waals surface area contributed by atoms with Gasteiger partial charge in [-0.2, -0.15) is 0 Å². The van der Waals surface area contributed by atoms with Crippen LogP contribution in [-0.4, -0.2) is 50.0 Å². The highest BCUT2D eigenvalue weighted by molar-refractivity contribution is 7.92. The molecule has 0 bridgehead atoms. The highest BCUT2D eigenvalue weighted by Gasteiger charge is 2.34. The summed E-state index contributed by atoms with van der Waals surface area (Å²) in [6.45, 7) is 3.45. The predicted molar refractivity (Wildman–Crippen MR) is 169 cm³/mol. The number of anilines is 1. The second-order valence-corrected chi connectivity index (χ2v) is 13.6. The standard InChI is InChI=1S/C33H40ClN3O4S/c1-24-14-17-27(18-15-24)22-36(32(38)23-37(42(3,40)41)30-21-28(34)19-16-25(30)2)31(20-26-10-6-4-7-11-26)33(39)35-29-12-8-5-9-13-29/h4,6-7,10-11,14-19,21,29,31H,5,8-9,12-13,20,22-23H2,1-3H3,(H,35,39)/t31-/m1/s1. The molecule has 7 nitrogen and oxygen atoms in total. The lowest BCUT2D eigenvalue weighted by Crippen LogP contribution is -2.55. The molecule has 0 heterocycles. The van der Waals surface area contributed by atoms with E-state index >= 15 is 0 Å². The van der Waals surface area contributed by atoms with Crippen molar-refractivity contribution in [3.63, 3.8) is 0 Å². The normalized spacial score (nSPS) is 14.7. The molecule has 3 aromatic rings. The van der Waals surface area contributed by atoms with Gasteiger partial charge in [-0.3, -0.25) is 13.9 Å². The van der Waals surface area contributed by atoms with Gasteiger partial charge in [0.2, 0.25) is 21.8 Å². The predicted octanol–water partition coefficient (Wildman–Crippen LogP) is 5.81. The van der Waals surface area contributed by atoms with Crippen molar-refractivity contribution in [2.75, 3.05) is 17.1 Å². The van der Waals surface area contributed by atoms with Crippen LogP contribution in [0.3, 0.4) is 0 Å². The summed E-state index contributed by atoms with van der Waals surface area (Å²) in [6.07, 6.45) is 6.46. The van der Waals surface area contributed by atoms with Crippen molar-refractivity contribution in [2.24, 2.45) is 0 Å². The average Bonchev–Trinajstić information content (AvgIpc) is 2.96. The van der Waals surface area contributed by atoms with Gasteiger partial charge in [-0.15, -0.1) is 0 Å². The molecule has 1 N–H and O–H groups in total. The largest absolute Gasteiger partial charge is 0.352 e. The number of sulfonamides is 1. The van der Waals surface area contributed by atoms with Gasteiger partial charge in [-0.1, -0.05) is 97.1 Å². The number of benzene rings is 3. The number of aryl methyl sites for hydroxylation is 2. The molecule has 1 fully saturated rings. The van der Waals surface area contributed by atoms with Crippen molar-refractivity contribution >= 4 is 39.1 Å². The Morgan fingerprint density at radius 2 is 1.60 bits per heavy atom. The Hall–Kier alpha value is -3.36. The Kier molecular flexibility index (Phi) is 10.7. The Bertz CT molecular complexity index is 1470. The summed E-state index contributed by atoms with van der Waals surface area (Å²) in [5.74, 6) is -0.698. The maximum absolute atomic E-state index is 14.3. The third-order valence-electron chi connectivity index (χ3n) is 7.82. The fourth-order valence-corrected chi connectivity index (χ4v) is 6.50. The first kappa shape index (κ1) is 31.6. The quantitative estimate of drug-likeness (QED) is 0.297. The lowest BCUT2D eigenvalue weighted by molar-refractivity contribution is -0.140. The molecule has 0 spiro atoms. The van der Waals surface area contributed by atoms with E-state index in [0.717, 1.165) is 59.4 Å². The van der Waals surface area contributed by atoms with Crippen LogP contribution in [0.5, 0.6) is 0 Å². The first-order valence-corrected chi connectivity index (χ1v) is 16.7. The Morgan fingerprint density at radius 1 is 0.929 bits per heavy atom. The fourth-order valence-electron chi connectivity index (χ4n) is 5.43. The minimum Gasteiger partial charge on any atom is -0.352 e. The number of nitrogens with zero attached hydrogens (tertiary/aromatic N) is 2.